The van der Waals surface area contributed by atoms with Crippen molar-refractivity contribution in [3.8, 4) is 11.3 Å². The van der Waals surface area contributed by atoms with Crippen LogP contribution in [0.15, 0.2) is 77.6 Å². The van der Waals surface area contributed by atoms with Crippen LogP contribution < -0.4 is 5.56 Å². The summed E-state index contributed by atoms with van der Waals surface area (Å²) in [6.45, 7) is 1.78. The maximum absolute atomic E-state index is 13.1. The van der Waals surface area contributed by atoms with E-state index >= 15 is 0 Å². The van der Waals surface area contributed by atoms with Gasteiger partial charge in [0.1, 0.15) is 12.4 Å². The van der Waals surface area contributed by atoms with Crippen molar-refractivity contribution in [1.29, 1.82) is 0 Å². The van der Waals surface area contributed by atoms with Gasteiger partial charge in [-0.05, 0) is 37.3 Å². The van der Waals surface area contributed by atoms with Crippen LogP contribution in [0.5, 0.6) is 0 Å². The molecule has 1 aromatic heterocycles. The molecule has 0 unspecified atom stereocenters. The molecule has 0 aliphatic heterocycles. The fourth-order valence-electron chi connectivity index (χ4n) is 3.13. The van der Waals surface area contributed by atoms with E-state index in [1.807, 2.05) is 43.3 Å². The zero-order chi connectivity index (χ0) is 19.7. The Hall–Kier alpha value is -3.60. The predicted molar refractivity (Wildman–Crippen MR) is 107 cm³/mol. The van der Waals surface area contributed by atoms with Gasteiger partial charge in [0.2, 0.25) is 0 Å². The molecule has 0 bridgehead atoms. The van der Waals surface area contributed by atoms with Crippen LogP contribution in [-0.4, -0.2) is 15.6 Å². The van der Waals surface area contributed by atoms with Gasteiger partial charge in [-0.2, -0.15) is 5.10 Å². The van der Waals surface area contributed by atoms with Crippen LogP contribution in [0.3, 0.4) is 0 Å². The highest BCUT2D eigenvalue weighted by Gasteiger charge is 2.15. The molecule has 0 fully saturated rings. The Bertz CT molecular complexity index is 1230. The Morgan fingerprint density at radius 3 is 2.25 bits per heavy atom. The third-order valence-corrected chi connectivity index (χ3v) is 4.65. The molecular formula is C23H17FN2O2. The van der Waals surface area contributed by atoms with Gasteiger partial charge in [0.25, 0.3) is 5.56 Å². The Balaban J connectivity index is 1.83. The summed E-state index contributed by atoms with van der Waals surface area (Å²) in [5.41, 5.74) is 2.63. The van der Waals surface area contributed by atoms with E-state index in [2.05, 4.69) is 5.10 Å². The summed E-state index contributed by atoms with van der Waals surface area (Å²) in [6.07, 6.45) is 0. The van der Waals surface area contributed by atoms with E-state index in [9.17, 15) is 14.0 Å². The average Bonchev–Trinajstić information content (AvgIpc) is 2.71. The summed E-state index contributed by atoms with van der Waals surface area (Å²) in [4.78, 5) is 25.5. The zero-order valence-corrected chi connectivity index (χ0v) is 15.2. The van der Waals surface area contributed by atoms with Crippen molar-refractivity contribution in [2.45, 2.75) is 13.5 Å². The van der Waals surface area contributed by atoms with Gasteiger partial charge in [0.05, 0.1) is 11.1 Å². The Labute approximate surface area is 160 Å². The summed E-state index contributed by atoms with van der Waals surface area (Å²) >= 11 is 0. The number of fused-ring (bicyclic) bond motifs is 1. The molecule has 4 aromatic rings. The molecule has 5 heteroatoms. The summed E-state index contributed by atoms with van der Waals surface area (Å²) in [7, 11) is 0. The highest BCUT2D eigenvalue weighted by Crippen LogP contribution is 2.25. The molecule has 1 heterocycles. The molecule has 138 valence electrons. The molecule has 0 atom stereocenters. The quantitative estimate of drug-likeness (QED) is 0.499. The smallest absolute Gasteiger partial charge is 0.275 e. The van der Waals surface area contributed by atoms with Gasteiger partial charge in [-0.1, -0.05) is 48.0 Å². The zero-order valence-electron chi connectivity index (χ0n) is 15.2. The molecule has 0 aliphatic carbocycles. The third-order valence-electron chi connectivity index (χ3n) is 4.65. The number of hydrogen-bond donors (Lipinski definition) is 0. The second-order valence-corrected chi connectivity index (χ2v) is 6.65. The molecule has 4 rings (SSSR count). The molecule has 4 nitrogen and oxygen atoms in total. The van der Waals surface area contributed by atoms with Crippen molar-refractivity contribution in [1.82, 2.24) is 9.78 Å². The van der Waals surface area contributed by atoms with Crippen LogP contribution in [0.2, 0.25) is 0 Å². The summed E-state index contributed by atoms with van der Waals surface area (Å²) in [5.74, 6) is -0.723. The third kappa shape index (κ3) is 3.34. The van der Waals surface area contributed by atoms with Crippen LogP contribution in [0.1, 0.15) is 15.9 Å². The van der Waals surface area contributed by atoms with Crippen molar-refractivity contribution >= 4 is 16.6 Å². The number of carbonyl (C=O) groups is 1. The Morgan fingerprint density at radius 1 is 0.929 bits per heavy atom. The van der Waals surface area contributed by atoms with Crippen molar-refractivity contribution in [3.63, 3.8) is 0 Å². The number of hydrogen-bond acceptors (Lipinski definition) is 3. The fourth-order valence-corrected chi connectivity index (χ4v) is 3.13. The minimum Gasteiger partial charge on any atom is -0.292 e. The molecule has 0 N–H and O–H groups in total. The molecule has 0 saturated heterocycles. The molecule has 0 radical (unpaired) electrons. The maximum atomic E-state index is 13.1. The highest BCUT2D eigenvalue weighted by atomic mass is 19.1. The number of Topliss-reactive ketones (excluding diaryl/α,β-unsaturated/α-hetero) is 1. The van der Waals surface area contributed by atoms with Gasteiger partial charge in [-0.25, -0.2) is 9.07 Å². The van der Waals surface area contributed by atoms with Gasteiger partial charge in [-0.3, -0.25) is 9.59 Å². The first kappa shape index (κ1) is 17.8. The monoisotopic (exact) mass is 372 g/mol. The standard InChI is InChI=1S/C23H17FN2O2/c1-15-6-8-17(9-7-15)22-19-4-2-3-5-20(19)23(28)26(25-22)14-21(27)16-10-12-18(24)13-11-16/h2-13H,14H2,1H3. The van der Waals surface area contributed by atoms with Crippen LogP contribution in [0.25, 0.3) is 22.0 Å². The van der Waals surface area contributed by atoms with E-state index in [1.54, 1.807) is 12.1 Å². The van der Waals surface area contributed by atoms with Crippen LogP contribution >= 0.6 is 0 Å². The van der Waals surface area contributed by atoms with Crippen molar-refractivity contribution < 1.29 is 9.18 Å². The molecule has 28 heavy (non-hydrogen) atoms. The summed E-state index contributed by atoms with van der Waals surface area (Å²) in [6, 6.07) is 20.3. The van der Waals surface area contributed by atoms with E-state index in [4.69, 9.17) is 0 Å². The minimum atomic E-state index is -0.417. The normalized spacial score (nSPS) is 10.9. The number of benzene rings is 3. The molecular weight excluding hydrogens is 355 g/mol. The molecule has 0 saturated carbocycles. The molecule has 0 aliphatic rings. The van der Waals surface area contributed by atoms with Crippen LogP contribution in [0, 0.1) is 12.7 Å². The number of nitrogens with zero attached hydrogens (tertiary/aromatic N) is 2. The van der Waals surface area contributed by atoms with Gasteiger partial charge in [0.15, 0.2) is 5.78 Å². The van der Waals surface area contributed by atoms with E-state index in [0.717, 1.165) is 16.5 Å². The number of aryl methyl sites for hydroxylation is 1. The van der Waals surface area contributed by atoms with Crippen LogP contribution in [0.4, 0.5) is 4.39 Å². The second kappa shape index (κ2) is 7.19. The number of halogens is 1. The van der Waals surface area contributed by atoms with Crippen LogP contribution in [-0.2, 0) is 6.54 Å². The topological polar surface area (TPSA) is 52.0 Å². The van der Waals surface area contributed by atoms with Crippen molar-refractivity contribution in [3.05, 3.63) is 100 Å². The number of aromatic nitrogens is 2. The molecule has 0 spiro atoms. The first-order valence-corrected chi connectivity index (χ1v) is 8.88. The molecule has 0 amide bonds. The van der Waals surface area contributed by atoms with Gasteiger partial charge in [-0.15, -0.1) is 0 Å². The van der Waals surface area contributed by atoms with Gasteiger partial charge in [0, 0.05) is 16.5 Å². The summed E-state index contributed by atoms with van der Waals surface area (Å²) < 4.78 is 14.3. The van der Waals surface area contributed by atoms with E-state index in [1.165, 1.54) is 28.9 Å². The lowest BCUT2D eigenvalue weighted by molar-refractivity contribution is 0.0966. The minimum absolute atomic E-state index is 0.214. The summed E-state index contributed by atoms with van der Waals surface area (Å²) in [5, 5.41) is 5.73. The van der Waals surface area contributed by atoms with E-state index in [0.29, 0.717) is 16.6 Å². The van der Waals surface area contributed by atoms with Gasteiger partial charge < -0.3 is 0 Å². The van der Waals surface area contributed by atoms with E-state index in [-0.39, 0.29) is 17.9 Å². The lowest BCUT2D eigenvalue weighted by Gasteiger charge is -2.11. The molecule has 3 aromatic carbocycles. The second-order valence-electron chi connectivity index (χ2n) is 6.65. The Morgan fingerprint density at radius 2 is 1.57 bits per heavy atom. The number of ketones is 1. The largest absolute Gasteiger partial charge is 0.292 e. The average molecular weight is 372 g/mol. The maximum Gasteiger partial charge on any atom is 0.275 e. The fraction of sp³-hybridized carbons (Fsp3) is 0.0870. The highest BCUT2D eigenvalue weighted by molar-refractivity contribution is 5.97. The van der Waals surface area contributed by atoms with Crippen molar-refractivity contribution in [2.24, 2.45) is 0 Å². The lowest BCUT2D eigenvalue weighted by Crippen LogP contribution is -2.27. The lowest BCUT2D eigenvalue weighted by atomic mass is 10.0. The number of rotatable bonds is 4. The predicted octanol–water partition coefficient (Wildman–Crippen LogP) is 4.39. The van der Waals surface area contributed by atoms with Gasteiger partial charge >= 0.3 is 0 Å². The first-order chi connectivity index (χ1) is 13.5. The SMILES string of the molecule is Cc1ccc(-c2nn(CC(=O)c3ccc(F)cc3)c(=O)c3ccccc23)cc1. The van der Waals surface area contributed by atoms with E-state index < -0.39 is 5.82 Å². The Kier molecular flexibility index (Phi) is 4.57. The van der Waals surface area contributed by atoms with Crippen molar-refractivity contribution in [2.75, 3.05) is 0 Å². The first-order valence-electron chi connectivity index (χ1n) is 8.88. The number of carbonyl (C=O) groups excluding carboxylic acids is 1.